The molecule has 21 heavy (non-hydrogen) atoms. The molecule has 0 aliphatic heterocycles. The van der Waals surface area contributed by atoms with Crippen LogP contribution in [0, 0.1) is 18.3 Å². The number of pyridine rings is 1. The van der Waals surface area contributed by atoms with Crippen molar-refractivity contribution in [2.75, 3.05) is 10.5 Å². The summed E-state index contributed by atoms with van der Waals surface area (Å²) in [6.07, 6.45) is 1.50. The lowest BCUT2D eigenvalue weighted by Gasteiger charge is -2.10. The minimum atomic E-state index is -3.91. The maximum atomic E-state index is 12.3. The molecule has 2 aromatic rings. The van der Waals surface area contributed by atoms with Gasteiger partial charge in [0.05, 0.1) is 5.56 Å². The second kappa shape index (κ2) is 5.71. The van der Waals surface area contributed by atoms with E-state index < -0.39 is 10.0 Å². The number of anilines is 2. The number of halogens is 1. The third kappa shape index (κ3) is 3.32. The number of sulfonamides is 1. The number of hydrogen-bond donors (Lipinski definition) is 2. The van der Waals surface area contributed by atoms with Crippen LogP contribution in [0.5, 0.6) is 0 Å². The van der Waals surface area contributed by atoms with E-state index in [1.54, 1.807) is 6.07 Å². The number of benzene rings is 1. The van der Waals surface area contributed by atoms with Crippen molar-refractivity contribution in [3.8, 4) is 6.07 Å². The van der Waals surface area contributed by atoms with Crippen molar-refractivity contribution < 1.29 is 8.42 Å². The van der Waals surface area contributed by atoms with E-state index in [4.69, 9.17) is 11.0 Å². The normalized spacial score (nSPS) is 10.9. The van der Waals surface area contributed by atoms with Crippen LogP contribution in [0.25, 0.3) is 0 Å². The number of aromatic nitrogens is 1. The molecule has 0 atom stereocenters. The molecule has 1 aromatic carbocycles. The predicted octanol–water partition coefficient (Wildman–Crippen LogP) is 2.41. The number of hydrogen-bond acceptors (Lipinski definition) is 5. The van der Waals surface area contributed by atoms with Crippen molar-refractivity contribution in [2.24, 2.45) is 0 Å². The van der Waals surface area contributed by atoms with Gasteiger partial charge in [-0.25, -0.2) is 13.4 Å². The number of nitrogen functional groups attached to an aromatic ring is 1. The number of nitrogens with one attached hydrogen (secondary N) is 1. The molecule has 0 spiro atoms. The van der Waals surface area contributed by atoms with Gasteiger partial charge in [0.25, 0.3) is 10.0 Å². The first-order chi connectivity index (χ1) is 9.83. The summed E-state index contributed by atoms with van der Waals surface area (Å²) in [5, 5.41) is 9.03. The first-order valence-electron chi connectivity index (χ1n) is 5.78. The summed E-state index contributed by atoms with van der Waals surface area (Å²) in [6.45, 7) is 1.81. The average molecular weight is 367 g/mol. The van der Waals surface area contributed by atoms with Gasteiger partial charge in [-0.1, -0.05) is 0 Å². The SMILES string of the molecule is Cc1cc(NS(=O)(=O)c2ccc(N)cc2C#N)ncc1Br. The van der Waals surface area contributed by atoms with Crippen LogP contribution < -0.4 is 10.5 Å². The Morgan fingerprint density at radius 1 is 1.38 bits per heavy atom. The third-order valence-electron chi connectivity index (χ3n) is 2.70. The Morgan fingerprint density at radius 2 is 2.10 bits per heavy atom. The van der Waals surface area contributed by atoms with Crippen LogP contribution in [0.3, 0.4) is 0 Å². The van der Waals surface area contributed by atoms with Crippen molar-refractivity contribution in [3.05, 3.63) is 46.1 Å². The second-order valence-electron chi connectivity index (χ2n) is 4.29. The maximum absolute atomic E-state index is 12.3. The molecule has 1 heterocycles. The van der Waals surface area contributed by atoms with Crippen LogP contribution in [0.15, 0.2) is 39.8 Å². The summed E-state index contributed by atoms with van der Waals surface area (Å²) in [7, 11) is -3.91. The highest BCUT2D eigenvalue weighted by Crippen LogP contribution is 2.22. The van der Waals surface area contributed by atoms with Crippen LogP contribution in [-0.4, -0.2) is 13.4 Å². The zero-order valence-electron chi connectivity index (χ0n) is 11.0. The summed E-state index contributed by atoms with van der Waals surface area (Å²) in [5.41, 5.74) is 6.69. The van der Waals surface area contributed by atoms with Gasteiger partial charge in [-0.05, 0) is 52.7 Å². The van der Waals surface area contributed by atoms with Crippen LogP contribution in [0.1, 0.15) is 11.1 Å². The number of rotatable bonds is 3. The molecule has 0 aliphatic rings. The summed E-state index contributed by atoms with van der Waals surface area (Å²) in [6, 6.07) is 7.44. The van der Waals surface area contributed by atoms with Crippen molar-refractivity contribution in [1.29, 1.82) is 5.26 Å². The monoisotopic (exact) mass is 366 g/mol. The topological polar surface area (TPSA) is 109 Å². The van der Waals surface area contributed by atoms with E-state index >= 15 is 0 Å². The molecule has 108 valence electrons. The summed E-state index contributed by atoms with van der Waals surface area (Å²) in [4.78, 5) is 3.84. The molecule has 0 radical (unpaired) electrons. The van der Waals surface area contributed by atoms with Crippen molar-refractivity contribution in [2.45, 2.75) is 11.8 Å². The standard InChI is InChI=1S/C13H11BrN4O2S/c1-8-4-13(17-7-11(8)14)18-21(19,20)12-3-2-10(16)5-9(12)6-15/h2-5,7H,16H2,1H3,(H,17,18). The molecule has 2 rings (SSSR count). The largest absolute Gasteiger partial charge is 0.399 e. The summed E-state index contributed by atoms with van der Waals surface area (Å²) in [5.74, 6) is 0.177. The molecule has 1 aromatic heterocycles. The number of nitrogens with two attached hydrogens (primary N) is 1. The van der Waals surface area contributed by atoms with Crippen LogP contribution >= 0.6 is 15.9 Å². The maximum Gasteiger partial charge on any atom is 0.264 e. The number of aryl methyl sites for hydroxylation is 1. The minimum absolute atomic E-state index is 0.0173. The highest BCUT2D eigenvalue weighted by molar-refractivity contribution is 9.10. The lowest BCUT2D eigenvalue weighted by Crippen LogP contribution is -2.15. The Labute approximate surface area is 130 Å². The van der Waals surface area contributed by atoms with Gasteiger partial charge >= 0.3 is 0 Å². The van der Waals surface area contributed by atoms with Gasteiger partial charge in [0.2, 0.25) is 0 Å². The first-order valence-corrected chi connectivity index (χ1v) is 8.05. The van der Waals surface area contributed by atoms with E-state index in [1.807, 2.05) is 13.0 Å². The fraction of sp³-hybridized carbons (Fsp3) is 0.0769. The smallest absolute Gasteiger partial charge is 0.264 e. The van der Waals surface area contributed by atoms with E-state index in [0.29, 0.717) is 5.69 Å². The lowest BCUT2D eigenvalue weighted by atomic mass is 10.2. The van der Waals surface area contributed by atoms with Gasteiger partial charge in [-0.15, -0.1) is 0 Å². The zero-order chi connectivity index (χ0) is 15.6. The number of nitriles is 1. The Balaban J connectivity index is 2.43. The highest BCUT2D eigenvalue weighted by Gasteiger charge is 2.19. The first kappa shape index (κ1) is 15.3. The quantitative estimate of drug-likeness (QED) is 0.810. The molecule has 0 saturated heterocycles. The molecule has 0 fully saturated rings. The Kier molecular flexibility index (Phi) is 4.16. The highest BCUT2D eigenvalue weighted by atomic mass is 79.9. The van der Waals surface area contributed by atoms with Crippen LogP contribution in [-0.2, 0) is 10.0 Å². The third-order valence-corrected chi connectivity index (χ3v) is 4.94. The zero-order valence-corrected chi connectivity index (χ0v) is 13.4. The molecule has 6 nitrogen and oxygen atoms in total. The van der Waals surface area contributed by atoms with Crippen molar-refractivity contribution in [1.82, 2.24) is 4.98 Å². The summed E-state index contributed by atoms with van der Waals surface area (Å²) < 4.78 is 27.8. The van der Waals surface area contributed by atoms with E-state index in [1.165, 1.54) is 24.4 Å². The predicted molar refractivity (Wildman–Crippen MR) is 83.1 cm³/mol. The van der Waals surface area contributed by atoms with Gasteiger partial charge in [0.1, 0.15) is 16.8 Å². The molecular weight excluding hydrogens is 356 g/mol. The van der Waals surface area contributed by atoms with Crippen LogP contribution in [0.4, 0.5) is 11.5 Å². The molecule has 0 aliphatic carbocycles. The fourth-order valence-electron chi connectivity index (χ4n) is 1.66. The van der Waals surface area contributed by atoms with Gasteiger partial charge < -0.3 is 5.73 Å². The summed E-state index contributed by atoms with van der Waals surface area (Å²) >= 11 is 3.29. The number of nitrogens with zero attached hydrogens (tertiary/aromatic N) is 2. The van der Waals surface area contributed by atoms with Gasteiger partial charge in [0, 0.05) is 16.4 Å². The van der Waals surface area contributed by atoms with Gasteiger partial charge in [-0.3, -0.25) is 4.72 Å². The molecular formula is C13H11BrN4O2S. The molecule has 0 amide bonds. The lowest BCUT2D eigenvalue weighted by molar-refractivity contribution is 0.601. The van der Waals surface area contributed by atoms with E-state index in [0.717, 1.165) is 10.0 Å². The van der Waals surface area contributed by atoms with Crippen molar-refractivity contribution >= 4 is 37.5 Å². The Hall–Kier alpha value is -2.11. The Bertz CT molecular complexity index is 844. The average Bonchev–Trinajstić information content (AvgIpc) is 2.42. The minimum Gasteiger partial charge on any atom is -0.399 e. The second-order valence-corrected chi connectivity index (χ2v) is 6.80. The molecule has 0 bridgehead atoms. The van der Waals surface area contributed by atoms with E-state index in [2.05, 4.69) is 25.6 Å². The fourth-order valence-corrected chi connectivity index (χ4v) is 3.01. The molecule has 3 N–H and O–H groups in total. The van der Waals surface area contributed by atoms with Gasteiger partial charge in [0.15, 0.2) is 0 Å². The van der Waals surface area contributed by atoms with Gasteiger partial charge in [-0.2, -0.15) is 5.26 Å². The van der Waals surface area contributed by atoms with Crippen molar-refractivity contribution in [3.63, 3.8) is 0 Å². The molecule has 0 saturated carbocycles. The Morgan fingerprint density at radius 3 is 2.71 bits per heavy atom. The van der Waals surface area contributed by atoms with E-state index in [9.17, 15) is 8.42 Å². The van der Waals surface area contributed by atoms with E-state index in [-0.39, 0.29) is 16.3 Å². The molecule has 0 unspecified atom stereocenters. The molecule has 8 heteroatoms. The van der Waals surface area contributed by atoms with Crippen LogP contribution in [0.2, 0.25) is 0 Å².